The van der Waals surface area contributed by atoms with Gasteiger partial charge in [-0.3, -0.25) is 9.59 Å². The summed E-state index contributed by atoms with van der Waals surface area (Å²) >= 11 is 0. The van der Waals surface area contributed by atoms with Gasteiger partial charge < -0.3 is 9.47 Å². The van der Waals surface area contributed by atoms with Gasteiger partial charge in [0.2, 0.25) is 0 Å². The summed E-state index contributed by atoms with van der Waals surface area (Å²) in [5.74, 6) is 1.13. The molecular formula is C19H20O4. The summed E-state index contributed by atoms with van der Waals surface area (Å²) in [6, 6.07) is 14.3. The molecule has 0 radical (unpaired) electrons. The monoisotopic (exact) mass is 312 g/mol. The number of Topliss-reactive ketones (excluding diaryl/α,β-unsaturated/α-hetero) is 2. The van der Waals surface area contributed by atoms with E-state index in [0.717, 1.165) is 0 Å². The summed E-state index contributed by atoms with van der Waals surface area (Å²) in [4.78, 5) is 23.0. The van der Waals surface area contributed by atoms with Gasteiger partial charge in [0.25, 0.3) is 0 Å². The minimum atomic E-state index is -0.0211. The van der Waals surface area contributed by atoms with Crippen LogP contribution in [0.25, 0.3) is 0 Å². The van der Waals surface area contributed by atoms with E-state index in [1.807, 2.05) is 24.3 Å². The largest absolute Gasteiger partial charge is 0.493 e. The van der Waals surface area contributed by atoms with Crippen LogP contribution in [0, 0.1) is 0 Å². The topological polar surface area (TPSA) is 52.6 Å². The molecule has 4 heteroatoms. The molecule has 0 saturated carbocycles. The number of rotatable bonds is 8. The summed E-state index contributed by atoms with van der Waals surface area (Å²) in [5.41, 5.74) is 1.16. The molecule has 0 bridgehead atoms. The minimum Gasteiger partial charge on any atom is -0.493 e. The SMILES string of the molecule is CC(=O)c1ccccc1OCCCOc1ccccc1C(C)=O. The predicted molar refractivity (Wildman–Crippen MR) is 88.5 cm³/mol. The summed E-state index contributed by atoms with van der Waals surface area (Å²) in [5, 5.41) is 0. The molecule has 0 spiro atoms. The molecule has 0 atom stereocenters. The first-order valence-electron chi connectivity index (χ1n) is 7.55. The molecule has 0 aromatic heterocycles. The molecule has 23 heavy (non-hydrogen) atoms. The molecule has 0 saturated heterocycles. The van der Waals surface area contributed by atoms with Gasteiger partial charge in [-0.2, -0.15) is 0 Å². The normalized spacial score (nSPS) is 10.2. The maximum absolute atomic E-state index is 11.5. The molecule has 120 valence electrons. The van der Waals surface area contributed by atoms with Gasteiger partial charge in [-0.05, 0) is 38.1 Å². The molecule has 4 nitrogen and oxygen atoms in total. The van der Waals surface area contributed by atoms with Crippen molar-refractivity contribution < 1.29 is 19.1 Å². The van der Waals surface area contributed by atoms with Crippen molar-refractivity contribution in [1.29, 1.82) is 0 Å². The number of ketones is 2. The lowest BCUT2D eigenvalue weighted by atomic mass is 10.1. The standard InChI is InChI=1S/C19H20O4/c1-14(20)16-8-3-5-10-18(16)22-12-7-13-23-19-11-6-4-9-17(19)15(2)21/h3-6,8-11H,7,12-13H2,1-2H3. The fraction of sp³-hybridized carbons (Fsp3) is 0.263. The second kappa shape index (κ2) is 8.13. The predicted octanol–water partition coefficient (Wildman–Crippen LogP) is 3.94. The summed E-state index contributed by atoms with van der Waals surface area (Å²) < 4.78 is 11.3. The number of carbonyl (C=O) groups is 2. The number of para-hydroxylation sites is 2. The van der Waals surface area contributed by atoms with Crippen LogP contribution in [-0.2, 0) is 0 Å². The van der Waals surface area contributed by atoms with Crippen molar-refractivity contribution >= 4 is 11.6 Å². The quantitative estimate of drug-likeness (QED) is 0.547. The Kier molecular flexibility index (Phi) is 5.92. The Morgan fingerprint density at radius 1 is 0.739 bits per heavy atom. The van der Waals surface area contributed by atoms with Crippen molar-refractivity contribution in [3.63, 3.8) is 0 Å². The Balaban J connectivity index is 1.83. The molecule has 2 aromatic carbocycles. The van der Waals surface area contributed by atoms with E-state index in [-0.39, 0.29) is 11.6 Å². The first-order chi connectivity index (χ1) is 11.1. The zero-order valence-corrected chi connectivity index (χ0v) is 13.4. The third kappa shape index (κ3) is 4.68. The van der Waals surface area contributed by atoms with Crippen LogP contribution in [0.1, 0.15) is 41.0 Å². The Labute approximate surface area is 136 Å². The van der Waals surface area contributed by atoms with E-state index in [0.29, 0.717) is 42.3 Å². The zero-order valence-electron chi connectivity index (χ0n) is 13.4. The second-order valence-corrected chi connectivity index (χ2v) is 5.16. The van der Waals surface area contributed by atoms with Crippen LogP contribution in [0.15, 0.2) is 48.5 Å². The van der Waals surface area contributed by atoms with Crippen LogP contribution >= 0.6 is 0 Å². The molecule has 0 heterocycles. The Morgan fingerprint density at radius 3 is 1.52 bits per heavy atom. The van der Waals surface area contributed by atoms with E-state index < -0.39 is 0 Å². The number of benzene rings is 2. The minimum absolute atomic E-state index is 0.0211. The van der Waals surface area contributed by atoms with E-state index in [1.165, 1.54) is 13.8 Å². The third-order valence-corrected chi connectivity index (χ3v) is 3.34. The molecule has 0 aliphatic heterocycles. The van der Waals surface area contributed by atoms with Crippen LogP contribution in [-0.4, -0.2) is 24.8 Å². The summed E-state index contributed by atoms with van der Waals surface area (Å²) in [7, 11) is 0. The molecule has 0 N–H and O–H groups in total. The van der Waals surface area contributed by atoms with Gasteiger partial charge in [0.1, 0.15) is 11.5 Å². The van der Waals surface area contributed by atoms with E-state index in [4.69, 9.17) is 9.47 Å². The van der Waals surface area contributed by atoms with Crippen molar-refractivity contribution in [3.05, 3.63) is 59.7 Å². The molecule has 0 aliphatic rings. The molecule has 0 amide bonds. The fourth-order valence-electron chi connectivity index (χ4n) is 2.19. The maximum atomic E-state index is 11.5. The number of carbonyl (C=O) groups excluding carboxylic acids is 2. The van der Waals surface area contributed by atoms with Gasteiger partial charge in [-0.1, -0.05) is 24.3 Å². The first-order valence-corrected chi connectivity index (χ1v) is 7.55. The Bertz CT molecular complexity index is 632. The average Bonchev–Trinajstić information content (AvgIpc) is 2.55. The van der Waals surface area contributed by atoms with E-state index in [1.54, 1.807) is 24.3 Å². The first kappa shape index (κ1) is 16.7. The van der Waals surface area contributed by atoms with Crippen molar-refractivity contribution in [2.75, 3.05) is 13.2 Å². The number of hydrogen-bond acceptors (Lipinski definition) is 4. The van der Waals surface area contributed by atoms with Gasteiger partial charge >= 0.3 is 0 Å². The smallest absolute Gasteiger partial charge is 0.163 e. The lowest BCUT2D eigenvalue weighted by Crippen LogP contribution is -2.08. The highest BCUT2D eigenvalue weighted by Crippen LogP contribution is 2.20. The van der Waals surface area contributed by atoms with Crippen molar-refractivity contribution in [1.82, 2.24) is 0 Å². The van der Waals surface area contributed by atoms with Crippen molar-refractivity contribution in [3.8, 4) is 11.5 Å². The van der Waals surface area contributed by atoms with E-state index in [2.05, 4.69) is 0 Å². The molecule has 2 rings (SSSR count). The molecule has 0 unspecified atom stereocenters. The van der Waals surface area contributed by atoms with Crippen molar-refractivity contribution in [2.24, 2.45) is 0 Å². The maximum Gasteiger partial charge on any atom is 0.163 e. The molecular weight excluding hydrogens is 292 g/mol. The van der Waals surface area contributed by atoms with Crippen LogP contribution in [0.5, 0.6) is 11.5 Å². The third-order valence-electron chi connectivity index (χ3n) is 3.34. The van der Waals surface area contributed by atoms with Crippen LogP contribution in [0.2, 0.25) is 0 Å². The van der Waals surface area contributed by atoms with Crippen LogP contribution in [0.4, 0.5) is 0 Å². The molecule has 0 aliphatic carbocycles. The van der Waals surface area contributed by atoms with E-state index >= 15 is 0 Å². The van der Waals surface area contributed by atoms with Crippen LogP contribution in [0.3, 0.4) is 0 Å². The molecule has 0 fully saturated rings. The highest BCUT2D eigenvalue weighted by atomic mass is 16.5. The number of ether oxygens (including phenoxy) is 2. The van der Waals surface area contributed by atoms with Crippen molar-refractivity contribution in [2.45, 2.75) is 20.3 Å². The number of hydrogen-bond donors (Lipinski definition) is 0. The van der Waals surface area contributed by atoms with Gasteiger partial charge in [-0.25, -0.2) is 0 Å². The lowest BCUT2D eigenvalue weighted by molar-refractivity contribution is 0.100. The van der Waals surface area contributed by atoms with Crippen LogP contribution < -0.4 is 9.47 Å². The highest BCUT2D eigenvalue weighted by Gasteiger charge is 2.08. The lowest BCUT2D eigenvalue weighted by Gasteiger charge is -2.11. The Hall–Kier alpha value is -2.62. The van der Waals surface area contributed by atoms with Gasteiger partial charge in [0.15, 0.2) is 11.6 Å². The fourth-order valence-corrected chi connectivity index (χ4v) is 2.19. The summed E-state index contributed by atoms with van der Waals surface area (Å²) in [6.45, 7) is 3.91. The Morgan fingerprint density at radius 2 is 1.13 bits per heavy atom. The van der Waals surface area contributed by atoms with Gasteiger partial charge in [-0.15, -0.1) is 0 Å². The second-order valence-electron chi connectivity index (χ2n) is 5.16. The zero-order chi connectivity index (χ0) is 16.7. The van der Waals surface area contributed by atoms with E-state index in [9.17, 15) is 9.59 Å². The van der Waals surface area contributed by atoms with Gasteiger partial charge in [0, 0.05) is 6.42 Å². The highest BCUT2D eigenvalue weighted by molar-refractivity contribution is 5.97. The van der Waals surface area contributed by atoms with Gasteiger partial charge in [0.05, 0.1) is 24.3 Å². The average molecular weight is 312 g/mol. The molecule has 2 aromatic rings. The summed E-state index contributed by atoms with van der Waals surface area (Å²) in [6.07, 6.45) is 0.651.